The van der Waals surface area contributed by atoms with Crippen LogP contribution in [0, 0.1) is 11.8 Å². The van der Waals surface area contributed by atoms with Crippen molar-refractivity contribution in [3.05, 3.63) is 0 Å². The van der Waals surface area contributed by atoms with Gasteiger partial charge in [-0.1, -0.05) is 0 Å². The highest BCUT2D eigenvalue weighted by atomic mass is 32.2. The number of thiol groups is 1. The van der Waals surface area contributed by atoms with Crippen molar-refractivity contribution in [3.63, 3.8) is 0 Å². The van der Waals surface area contributed by atoms with Crippen molar-refractivity contribution in [2.24, 2.45) is 11.8 Å². The van der Waals surface area contributed by atoms with Crippen LogP contribution < -0.4 is 0 Å². The van der Waals surface area contributed by atoms with Crippen LogP contribution in [0.4, 0.5) is 0 Å². The molecule has 0 aliphatic carbocycles. The molecule has 2 heterocycles. The van der Waals surface area contributed by atoms with E-state index in [4.69, 9.17) is 4.74 Å². The van der Waals surface area contributed by atoms with Crippen LogP contribution in [0.5, 0.6) is 0 Å². The second kappa shape index (κ2) is 4.63. The molecule has 0 saturated carbocycles. The monoisotopic (exact) mass is 290 g/mol. The van der Waals surface area contributed by atoms with Gasteiger partial charge in [0, 0.05) is 15.7 Å². The quantitative estimate of drug-likeness (QED) is 0.600. The lowest BCUT2D eigenvalue weighted by molar-refractivity contribution is -0.166. The third-order valence-corrected chi connectivity index (χ3v) is 5.80. The minimum Gasteiger partial charge on any atom is -0.481 e. The largest absolute Gasteiger partial charge is 0.481 e. The number of hydrogen-bond acceptors (Lipinski definition) is 5. The van der Waals surface area contributed by atoms with Crippen LogP contribution >= 0.6 is 24.4 Å². The summed E-state index contributed by atoms with van der Waals surface area (Å²) in [5, 5.41) is 9.34. The number of fused-ring (bicyclic) bond motifs is 2. The zero-order valence-electron chi connectivity index (χ0n) is 10.6. The lowest BCUT2D eigenvalue weighted by Gasteiger charge is -2.30. The summed E-state index contributed by atoms with van der Waals surface area (Å²) in [5.74, 6) is -2.48. The van der Waals surface area contributed by atoms with E-state index in [0.717, 1.165) is 6.42 Å². The Kier molecular flexibility index (Phi) is 3.62. The molecule has 4 nitrogen and oxygen atoms in total. The Hall–Kier alpha value is -0.360. The van der Waals surface area contributed by atoms with Gasteiger partial charge in [0.2, 0.25) is 0 Å². The third-order valence-electron chi connectivity index (χ3n) is 3.29. The molecule has 1 N–H and O–H groups in total. The van der Waals surface area contributed by atoms with Crippen LogP contribution in [0.1, 0.15) is 27.2 Å². The number of thioether (sulfide) groups is 1. The Balaban J connectivity index is 2.17. The molecule has 102 valence electrons. The van der Waals surface area contributed by atoms with Crippen LogP contribution in [-0.2, 0) is 14.3 Å². The highest BCUT2D eigenvalue weighted by molar-refractivity contribution is 8.02. The molecule has 0 aromatic carbocycles. The number of rotatable bonds is 2. The summed E-state index contributed by atoms with van der Waals surface area (Å²) in [5.41, 5.74) is -0.576. The number of hydrogen-bond donors (Lipinski definition) is 2. The number of ether oxygens (including phenoxy) is 1. The first-order valence-corrected chi connectivity index (χ1v) is 7.46. The van der Waals surface area contributed by atoms with Crippen molar-refractivity contribution >= 4 is 36.3 Å². The molecule has 5 atom stereocenters. The van der Waals surface area contributed by atoms with E-state index in [9.17, 15) is 14.7 Å². The first-order valence-electron chi connectivity index (χ1n) is 6.00. The number of carbonyl (C=O) groups is 2. The number of aliphatic carboxylic acids is 1. The first-order chi connectivity index (χ1) is 8.20. The average Bonchev–Trinajstić information content (AvgIpc) is 2.69. The van der Waals surface area contributed by atoms with E-state index < -0.39 is 23.4 Å². The third kappa shape index (κ3) is 2.50. The van der Waals surface area contributed by atoms with Crippen molar-refractivity contribution in [1.82, 2.24) is 0 Å². The minimum atomic E-state index is -0.912. The molecule has 18 heavy (non-hydrogen) atoms. The van der Waals surface area contributed by atoms with E-state index in [-0.39, 0.29) is 21.7 Å². The van der Waals surface area contributed by atoms with Gasteiger partial charge in [-0.05, 0) is 27.2 Å². The molecule has 0 radical (unpaired) electrons. The van der Waals surface area contributed by atoms with Gasteiger partial charge in [0.15, 0.2) is 0 Å². The first kappa shape index (κ1) is 14.1. The minimum absolute atomic E-state index is 0.0356. The van der Waals surface area contributed by atoms with Crippen molar-refractivity contribution in [2.45, 2.75) is 48.5 Å². The van der Waals surface area contributed by atoms with Crippen LogP contribution in [-0.4, -0.2) is 38.4 Å². The van der Waals surface area contributed by atoms with Gasteiger partial charge in [0.1, 0.15) is 5.60 Å². The second-order valence-electron chi connectivity index (χ2n) is 5.87. The zero-order valence-corrected chi connectivity index (χ0v) is 12.3. The van der Waals surface area contributed by atoms with Crippen molar-refractivity contribution < 1.29 is 19.4 Å². The predicted molar refractivity (Wildman–Crippen MR) is 73.0 cm³/mol. The topological polar surface area (TPSA) is 63.6 Å². The van der Waals surface area contributed by atoms with Crippen LogP contribution in [0.15, 0.2) is 0 Å². The summed E-state index contributed by atoms with van der Waals surface area (Å²) >= 11 is 5.99. The van der Waals surface area contributed by atoms with Gasteiger partial charge in [-0.3, -0.25) is 9.59 Å². The maximum absolute atomic E-state index is 12.1. The molecule has 0 amide bonds. The highest BCUT2D eigenvalue weighted by Crippen LogP contribution is 2.55. The van der Waals surface area contributed by atoms with Gasteiger partial charge in [-0.15, -0.1) is 0 Å². The van der Waals surface area contributed by atoms with E-state index in [0.29, 0.717) is 0 Å². The average molecular weight is 290 g/mol. The molecule has 6 heteroatoms. The zero-order chi connectivity index (χ0) is 13.7. The molecule has 2 saturated heterocycles. The number of carboxylic acid groups (broad SMARTS) is 1. The second-order valence-corrected chi connectivity index (χ2v) is 7.95. The summed E-state index contributed by atoms with van der Waals surface area (Å²) < 4.78 is 5.35. The molecule has 2 bridgehead atoms. The molecule has 2 aliphatic heterocycles. The maximum Gasteiger partial charge on any atom is 0.311 e. The predicted octanol–water partition coefficient (Wildman–Crippen LogP) is 1.83. The molecule has 0 spiro atoms. The molecular formula is C12H18O4S2. The summed E-state index contributed by atoms with van der Waals surface area (Å²) in [6.45, 7) is 5.38. The van der Waals surface area contributed by atoms with E-state index >= 15 is 0 Å². The smallest absolute Gasteiger partial charge is 0.311 e. The van der Waals surface area contributed by atoms with Gasteiger partial charge < -0.3 is 9.84 Å². The van der Waals surface area contributed by atoms with E-state index in [1.54, 1.807) is 32.5 Å². The maximum atomic E-state index is 12.1. The Labute approximate surface area is 116 Å². The van der Waals surface area contributed by atoms with Crippen molar-refractivity contribution in [3.8, 4) is 0 Å². The highest BCUT2D eigenvalue weighted by Gasteiger charge is 2.59. The number of carbonyl (C=O) groups excluding carboxylic acids is 1. The van der Waals surface area contributed by atoms with Gasteiger partial charge in [0.05, 0.1) is 11.8 Å². The van der Waals surface area contributed by atoms with Crippen LogP contribution in [0.2, 0.25) is 0 Å². The fraction of sp³-hybridized carbons (Fsp3) is 0.833. The van der Waals surface area contributed by atoms with Gasteiger partial charge in [0.25, 0.3) is 0 Å². The van der Waals surface area contributed by atoms with E-state index in [1.165, 1.54) is 0 Å². The van der Waals surface area contributed by atoms with Crippen LogP contribution in [0.25, 0.3) is 0 Å². The number of carboxylic acids is 1. The van der Waals surface area contributed by atoms with Crippen molar-refractivity contribution in [1.29, 1.82) is 0 Å². The molecular weight excluding hydrogens is 272 g/mol. The fourth-order valence-corrected chi connectivity index (χ4v) is 5.36. The van der Waals surface area contributed by atoms with E-state index in [1.807, 2.05) is 0 Å². The van der Waals surface area contributed by atoms with Gasteiger partial charge in [-0.2, -0.15) is 24.4 Å². The lowest BCUT2D eigenvalue weighted by atomic mass is 9.79. The standard InChI is InChI=1S/C12H18O4S2/c1-12(2,3)16-11(15)7-6-4-5(17)9(18-6)8(7)10(13)14/h5-9,17H,4H2,1-3H3,(H,13,14). The lowest BCUT2D eigenvalue weighted by Crippen LogP contribution is -2.44. The van der Waals surface area contributed by atoms with Crippen LogP contribution in [0.3, 0.4) is 0 Å². The molecule has 2 aliphatic rings. The normalized spacial score (nSPS) is 38.8. The summed E-state index contributed by atoms with van der Waals surface area (Å²) in [6, 6.07) is 0. The summed E-state index contributed by atoms with van der Waals surface area (Å²) in [6.07, 6.45) is 0.784. The fourth-order valence-electron chi connectivity index (χ4n) is 2.67. The van der Waals surface area contributed by atoms with Gasteiger partial charge >= 0.3 is 11.9 Å². The SMILES string of the molecule is CC(C)(C)OC(=O)C1C2CC(S)C(S2)C1C(=O)O. The van der Waals surface area contributed by atoms with Gasteiger partial charge in [-0.25, -0.2) is 0 Å². The summed E-state index contributed by atoms with van der Waals surface area (Å²) in [4.78, 5) is 23.5. The molecule has 0 aromatic rings. The molecule has 5 unspecified atom stereocenters. The Morgan fingerprint density at radius 2 is 1.94 bits per heavy atom. The Morgan fingerprint density at radius 1 is 1.33 bits per heavy atom. The number of esters is 1. The molecule has 2 rings (SSSR count). The molecule has 0 aromatic heterocycles. The molecule has 2 fully saturated rings. The van der Waals surface area contributed by atoms with Crippen molar-refractivity contribution in [2.75, 3.05) is 0 Å². The van der Waals surface area contributed by atoms with E-state index in [2.05, 4.69) is 12.6 Å². The Morgan fingerprint density at radius 3 is 2.44 bits per heavy atom. The Bertz CT molecular complexity index is 377. The summed E-state index contributed by atoms with van der Waals surface area (Å²) in [7, 11) is 0.